The molecule has 1 aromatic heterocycles. The molecule has 0 aliphatic rings. The number of nitrogens with one attached hydrogen (secondary N) is 1. The second kappa shape index (κ2) is 10.6. The summed E-state index contributed by atoms with van der Waals surface area (Å²) in [6.07, 6.45) is 0.561. The molecule has 32 heavy (non-hydrogen) atoms. The van der Waals surface area contributed by atoms with Crippen molar-refractivity contribution in [3.05, 3.63) is 75.6 Å². The number of ether oxygens (including phenoxy) is 2. The lowest BCUT2D eigenvalue weighted by Crippen LogP contribution is -2.43. The third-order valence-corrected chi connectivity index (χ3v) is 5.29. The van der Waals surface area contributed by atoms with Crippen LogP contribution in [0.25, 0.3) is 11.0 Å². The molecule has 0 saturated heterocycles. The monoisotopic (exact) mass is 437 g/mol. The van der Waals surface area contributed by atoms with Gasteiger partial charge in [0.05, 0.1) is 13.7 Å². The molecule has 0 saturated carbocycles. The number of esters is 1. The van der Waals surface area contributed by atoms with Crippen LogP contribution in [0, 0.1) is 6.92 Å². The molecule has 0 aliphatic heterocycles. The van der Waals surface area contributed by atoms with Crippen LogP contribution in [0.5, 0.6) is 5.75 Å². The van der Waals surface area contributed by atoms with Gasteiger partial charge in [-0.1, -0.05) is 30.3 Å². The highest BCUT2D eigenvalue weighted by Gasteiger charge is 2.23. The van der Waals surface area contributed by atoms with Crippen molar-refractivity contribution in [1.29, 1.82) is 0 Å². The van der Waals surface area contributed by atoms with Crippen LogP contribution in [0.3, 0.4) is 0 Å². The molecule has 1 atom stereocenters. The molecule has 1 heterocycles. The Morgan fingerprint density at radius 1 is 1.12 bits per heavy atom. The Bertz CT molecular complexity index is 1150. The number of carbonyl (C=O) groups is 2. The highest BCUT2D eigenvalue weighted by Crippen LogP contribution is 2.24. The number of methoxy groups -OCH3 is 1. The van der Waals surface area contributed by atoms with E-state index in [4.69, 9.17) is 13.9 Å². The predicted octanol–water partition coefficient (Wildman–Crippen LogP) is 3.33. The molecule has 1 N–H and O–H groups in total. The van der Waals surface area contributed by atoms with Gasteiger partial charge in [0.1, 0.15) is 17.4 Å². The fourth-order valence-electron chi connectivity index (χ4n) is 3.58. The molecule has 0 radical (unpaired) electrons. The van der Waals surface area contributed by atoms with Crippen LogP contribution in [-0.4, -0.2) is 31.6 Å². The first-order valence-electron chi connectivity index (χ1n) is 10.5. The summed E-state index contributed by atoms with van der Waals surface area (Å²) in [6.45, 7) is 3.77. The summed E-state index contributed by atoms with van der Waals surface area (Å²) < 4.78 is 15.7. The summed E-state index contributed by atoms with van der Waals surface area (Å²) in [4.78, 5) is 37.5. The maximum Gasteiger partial charge on any atom is 0.339 e. The maximum atomic E-state index is 12.6. The molecular weight excluding hydrogens is 410 g/mol. The van der Waals surface area contributed by atoms with Crippen molar-refractivity contribution in [2.45, 2.75) is 39.2 Å². The highest BCUT2D eigenvalue weighted by molar-refractivity contribution is 5.85. The lowest BCUT2D eigenvalue weighted by molar-refractivity contribution is -0.147. The predicted molar refractivity (Wildman–Crippen MR) is 121 cm³/mol. The van der Waals surface area contributed by atoms with E-state index in [1.807, 2.05) is 43.3 Å². The van der Waals surface area contributed by atoms with Gasteiger partial charge in [-0.2, -0.15) is 0 Å². The van der Waals surface area contributed by atoms with E-state index in [1.54, 1.807) is 26.2 Å². The largest absolute Gasteiger partial charge is 0.497 e. The fraction of sp³-hybridized carbons (Fsp3) is 0.320. The molecule has 0 aliphatic carbocycles. The zero-order valence-corrected chi connectivity index (χ0v) is 18.5. The number of fused-ring (bicyclic) bond motifs is 1. The molecule has 168 valence electrons. The van der Waals surface area contributed by atoms with Crippen LogP contribution in [0.4, 0.5) is 0 Å². The van der Waals surface area contributed by atoms with Crippen LogP contribution in [0.2, 0.25) is 0 Å². The Balaban J connectivity index is 1.72. The summed E-state index contributed by atoms with van der Waals surface area (Å²) in [5.41, 5.74) is 2.06. The van der Waals surface area contributed by atoms with E-state index in [0.29, 0.717) is 23.3 Å². The summed E-state index contributed by atoms with van der Waals surface area (Å²) >= 11 is 0. The Kier molecular flexibility index (Phi) is 7.65. The Morgan fingerprint density at radius 3 is 2.56 bits per heavy atom. The minimum absolute atomic E-state index is 0.0396. The molecule has 7 nitrogen and oxygen atoms in total. The Morgan fingerprint density at radius 2 is 1.88 bits per heavy atom. The molecule has 7 heteroatoms. The number of rotatable bonds is 9. The average Bonchev–Trinajstić information content (AvgIpc) is 2.79. The van der Waals surface area contributed by atoms with Gasteiger partial charge in [0, 0.05) is 29.9 Å². The van der Waals surface area contributed by atoms with Crippen molar-refractivity contribution in [2.75, 3.05) is 13.7 Å². The van der Waals surface area contributed by atoms with Gasteiger partial charge in [-0.05, 0) is 43.5 Å². The van der Waals surface area contributed by atoms with E-state index >= 15 is 0 Å². The third kappa shape index (κ3) is 5.55. The fourth-order valence-corrected chi connectivity index (χ4v) is 3.58. The van der Waals surface area contributed by atoms with Crippen LogP contribution < -0.4 is 15.7 Å². The van der Waals surface area contributed by atoms with Crippen molar-refractivity contribution in [3.8, 4) is 5.75 Å². The van der Waals surface area contributed by atoms with Crippen LogP contribution >= 0.6 is 0 Å². The first-order chi connectivity index (χ1) is 15.4. The lowest BCUT2D eigenvalue weighted by Gasteiger charge is -2.17. The van der Waals surface area contributed by atoms with E-state index < -0.39 is 17.6 Å². The van der Waals surface area contributed by atoms with Gasteiger partial charge in [0.15, 0.2) is 0 Å². The molecule has 3 aromatic rings. The number of aryl methyl sites for hydroxylation is 1. The quantitative estimate of drug-likeness (QED) is 0.408. The standard InChI is InChI=1S/C25H27NO6/c1-4-31-25(29)21(14-17-8-6-5-7-9-17)26-23(27)13-12-20-16(2)19-11-10-18(30-3)15-22(19)32-24(20)28/h5-11,15,21H,4,12-14H2,1-3H3,(H,26,27). The summed E-state index contributed by atoms with van der Waals surface area (Å²) in [6, 6.07) is 13.9. The number of carbonyl (C=O) groups excluding carboxylic acids is 2. The SMILES string of the molecule is CCOC(=O)C(Cc1ccccc1)NC(=O)CCc1c(C)c2ccc(OC)cc2oc1=O. The smallest absolute Gasteiger partial charge is 0.339 e. The van der Waals surface area contributed by atoms with Crippen molar-refractivity contribution in [3.63, 3.8) is 0 Å². The molecule has 2 aromatic carbocycles. The first kappa shape index (κ1) is 23.1. The van der Waals surface area contributed by atoms with Crippen molar-refractivity contribution in [2.24, 2.45) is 0 Å². The summed E-state index contributed by atoms with van der Waals surface area (Å²) in [5.74, 6) is -0.233. The van der Waals surface area contributed by atoms with E-state index in [9.17, 15) is 14.4 Å². The Hall–Kier alpha value is -3.61. The number of amides is 1. The number of benzene rings is 2. The van der Waals surface area contributed by atoms with Crippen LogP contribution in [0.15, 0.2) is 57.7 Å². The van der Waals surface area contributed by atoms with E-state index in [-0.39, 0.29) is 25.4 Å². The van der Waals surface area contributed by atoms with Gasteiger partial charge in [-0.25, -0.2) is 9.59 Å². The minimum atomic E-state index is -0.800. The van der Waals surface area contributed by atoms with Crippen LogP contribution in [0.1, 0.15) is 30.0 Å². The van der Waals surface area contributed by atoms with Gasteiger partial charge in [-0.3, -0.25) is 4.79 Å². The molecule has 3 rings (SSSR count). The maximum absolute atomic E-state index is 12.6. The van der Waals surface area contributed by atoms with Crippen LogP contribution in [-0.2, 0) is 27.2 Å². The van der Waals surface area contributed by atoms with Crippen molar-refractivity contribution >= 4 is 22.8 Å². The normalized spacial score (nSPS) is 11.7. The number of hydrogen-bond donors (Lipinski definition) is 1. The Labute approximate surface area is 186 Å². The number of hydrogen-bond acceptors (Lipinski definition) is 6. The van der Waals surface area contributed by atoms with E-state index in [1.165, 1.54) is 0 Å². The zero-order valence-electron chi connectivity index (χ0n) is 18.5. The van der Waals surface area contributed by atoms with Gasteiger partial charge in [0.25, 0.3) is 0 Å². The third-order valence-electron chi connectivity index (χ3n) is 5.29. The molecule has 0 spiro atoms. The molecule has 1 unspecified atom stereocenters. The second-order valence-corrected chi connectivity index (χ2v) is 7.42. The first-order valence-corrected chi connectivity index (χ1v) is 10.5. The van der Waals surface area contributed by atoms with E-state index in [2.05, 4.69) is 5.32 Å². The lowest BCUT2D eigenvalue weighted by atomic mass is 10.0. The van der Waals surface area contributed by atoms with Crippen molar-refractivity contribution in [1.82, 2.24) is 5.32 Å². The van der Waals surface area contributed by atoms with Gasteiger partial charge in [-0.15, -0.1) is 0 Å². The zero-order chi connectivity index (χ0) is 23.1. The molecular formula is C25H27NO6. The molecule has 0 bridgehead atoms. The summed E-state index contributed by atoms with van der Waals surface area (Å²) in [7, 11) is 1.54. The van der Waals surface area contributed by atoms with E-state index in [0.717, 1.165) is 16.5 Å². The van der Waals surface area contributed by atoms with Gasteiger partial charge < -0.3 is 19.2 Å². The minimum Gasteiger partial charge on any atom is -0.497 e. The van der Waals surface area contributed by atoms with Gasteiger partial charge in [0.2, 0.25) is 5.91 Å². The summed E-state index contributed by atoms with van der Waals surface area (Å²) in [5, 5.41) is 3.54. The highest BCUT2D eigenvalue weighted by atomic mass is 16.5. The van der Waals surface area contributed by atoms with Gasteiger partial charge >= 0.3 is 11.6 Å². The molecule has 1 amide bonds. The van der Waals surface area contributed by atoms with Crippen molar-refractivity contribution < 1.29 is 23.5 Å². The topological polar surface area (TPSA) is 94.8 Å². The second-order valence-electron chi connectivity index (χ2n) is 7.42. The average molecular weight is 437 g/mol. The molecule has 0 fully saturated rings.